The Morgan fingerprint density at radius 3 is 1.89 bits per heavy atom. The van der Waals surface area contributed by atoms with E-state index >= 15 is 0 Å². The summed E-state index contributed by atoms with van der Waals surface area (Å²) in [5, 5.41) is 0. The van der Waals surface area contributed by atoms with Crippen molar-refractivity contribution in [3.05, 3.63) is 60.2 Å². The van der Waals surface area contributed by atoms with Gasteiger partial charge in [0.15, 0.2) is 5.78 Å². The summed E-state index contributed by atoms with van der Waals surface area (Å²) < 4.78 is -1.85. The fourth-order valence-corrected chi connectivity index (χ4v) is 1.93. The monoisotopic (exact) mass is 312 g/mol. The van der Waals surface area contributed by atoms with E-state index in [0.717, 1.165) is 16.7 Å². The van der Waals surface area contributed by atoms with Crippen LogP contribution in [0.15, 0.2) is 54.6 Å². The maximum Gasteiger partial charge on any atom is 0.249 e. The highest BCUT2D eigenvalue weighted by Crippen LogP contribution is 2.29. The SMILES string of the molecule is O=C(Cc1ccc(-c2ccccc2)cc1)C(Cl)(Cl)Cl. The number of carbonyl (C=O) groups excluding carboxylic acids is 1. The van der Waals surface area contributed by atoms with E-state index in [-0.39, 0.29) is 6.42 Å². The average Bonchev–Trinajstić information content (AvgIpc) is 2.39. The van der Waals surface area contributed by atoms with Gasteiger partial charge in [-0.2, -0.15) is 0 Å². The number of carbonyl (C=O) groups is 1. The van der Waals surface area contributed by atoms with Gasteiger partial charge in [0.25, 0.3) is 0 Å². The molecule has 0 radical (unpaired) electrons. The molecule has 0 N–H and O–H groups in total. The second-order valence-electron chi connectivity index (χ2n) is 4.16. The fraction of sp³-hybridized carbons (Fsp3) is 0.133. The first-order valence-corrected chi connectivity index (χ1v) is 6.84. The van der Waals surface area contributed by atoms with Gasteiger partial charge in [-0.3, -0.25) is 4.79 Å². The highest BCUT2D eigenvalue weighted by molar-refractivity contribution is 6.76. The third-order valence-electron chi connectivity index (χ3n) is 2.74. The standard InChI is InChI=1S/C15H11Cl3O/c16-15(17,18)14(19)10-11-6-8-13(9-7-11)12-4-2-1-3-5-12/h1-9H,10H2. The lowest BCUT2D eigenvalue weighted by molar-refractivity contribution is -0.117. The average molecular weight is 314 g/mol. The molecule has 0 unspecified atom stereocenters. The van der Waals surface area contributed by atoms with Crippen LogP contribution in [-0.2, 0) is 11.2 Å². The molecule has 0 aromatic heterocycles. The highest BCUT2D eigenvalue weighted by atomic mass is 35.6. The Hall–Kier alpha value is -1.02. The van der Waals surface area contributed by atoms with Gasteiger partial charge in [0, 0.05) is 6.42 Å². The number of hydrogen-bond donors (Lipinski definition) is 0. The summed E-state index contributed by atoms with van der Waals surface area (Å²) in [5.74, 6) is -0.426. The normalized spacial score (nSPS) is 11.3. The Bertz CT molecular complexity index is 556. The molecular weight excluding hydrogens is 303 g/mol. The molecule has 0 heterocycles. The van der Waals surface area contributed by atoms with Crippen molar-refractivity contribution in [3.8, 4) is 11.1 Å². The number of Topliss-reactive ketones (excluding diaryl/α,β-unsaturated/α-hetero) is 1. The van der Waals surface area contributed by atoms with Crippen molar-refractivity contribution < 1.29 is 4.79 Å². The molecule has 0 atom stereocenters. The quantitative estimate of drug-likeness (QED) is 0.741. The van der Waals surface area contributed by atoms with E-state index < -0.39 is 9.58 Å². The van der Waals surface area contributed by atoms with Gasteiger partial charge in [0.2, 0.25) is 3.79 Å². The maximum atomic E-state index is 11.6. The minimum absolute atomic E-state index is 0.117. The molecule has 0 amide bonds. The minimum Gasteiger partial charge on any atom is -0.294 e. The van der Waals surface area contributed by atoms with E-state index in [1.54, 1.807) is 0 Å². The zero-order valence-corrected chi connectivity index (χ0v) is 12.2. The summed E-state index contributed by atoms with van der Waals surface area (Å²) >= 11 is 16.6. The van der Waals surface area contributed by atoms with Crippen LogP contribution in [0.3, 0.4) is 0 Å². The van der Waals surface area contributed by atoms with Crippen LogP contribution in [0.4, 0.5) is 0 Å². The first kappa shape index (κ1) is 14.4. The van der Waals surface area contributed by atoms with Crippen LogP contribution in [0.25, 0.3) is 11.1 Å². The molecule has 0 aliphatic heterocycles. The van der Waals surface area contributed by atoms with Crippen molar-refractivity contribution in [2.75, 3.05) is 0 Å². The first-order chi connectivity index (χ1) is 8.97. The van der Waals surface area contributed by atoms with Gasteiger partial charge < -0.3 is 0 Å². The Labute approximate surface area is 127 Å². The van der Waals surface area contributed by atoms with Crippen LogP contribution in [0, 0.1) is 0 Å². The van der Waals surface area contributed by atoms with Gasteiger partial charge in [0.1, 0.15) is 0 Å². The lowest BCUT2D eigenvalue weighted by atomic mass is 10.0. The summed E-state index contributed by atoms with van der Waals surface area (Å²) in [4.78, 5) is 11.6. The van der Waals surface area contributed by atoms with E-state index in [1.807, 2.05) is 54.6 Å². The Balaban J connectivity index is 2.14. The molecule has 0 saturated heterocycles. The van der Waals surface area contributed by atoms with Gasteiger partial charge in [-0.25, -0.2) is 0 Å². The molecule has 0 fully saturated rings. The van der Waals surface area contributed by atoms with E-state index in [4.69, 9.17) is 34.8 Å². The van der Waals surface area contributed by atoms with Crippen LogP contribution in [-0.4, -0.2) is 9.58 Å². The molecule has 2 aromatic rings. The summed E-state index contributed by atoms with van der Waals surface area (Å²) in [6.45, 7) is 0. The van der Waals surface area contributed by atoms with Crippen molar-refractivity contribution in [1.29, 1.82) is 0 Å². The van der Waals surface area contributed by atoms with E-state index in [1.165, 1.54) is 0 Å². The molecule has 0 saturated carbocycles. The Morgan fingerprint density at radius 2 is 1.37 bits per heavy atom. The van der Waals surface area contributed by atoms with E-state index in [0.29, 0.717) is 0 Å². The smallest absolute Gasteiger partial charge is 0.249 e. The van der Waals surface area contributed by atoms with Crippen molar-refractivity contribution >= 4 is 40.6 Å². The molecule has 0 aliphatic rings. The van der Waals surface area contributed by atoms with Gasteiger partial charge in [-0.05, 0) is 16.7 Å². The van der Waals surface area contributed by atoms with Crippen molar-refractivity contribution in [2.45, 2.75) is 10.2 Å². The van der Waals surface area contributed by atoms with Crippen LogP contribution in [0.1, 0.15) is 5.56 Å². The summed E-state index contributed by atoms with van der Waals surface area (Å²) in [6.07, 6.45) is 0.117. The predicted molar refractivity (Wildman–Crippen MR) is 80.9 cm³/mol. The predicted octanol–water partition coefficient (Wildman–Crippen LogP) is 4.84. The molecule has 0 spiro atoms. The summed E-state index contributed by atoms with van der Waals surface area (Å²) in [7, 11) is 0. The van der Waals surface area contributed by atoms with Crippen molar-refractivity contribution in [1.82, 2.24) is 0 Å². The molecule has 0 aliphatic carbocycles. The van der Waals surface area contributed by atoms with Crippen LogP contribution in [0.5, 0.6) is 0 Å². The lowest BCUT2D eigenvalue weighted by Gasteiger charge is -2.09. The van der Waals surface area contributed by atoms with Crippen molar-refractivity contribution in [3.63, 3.8) is 0 Å². The number of benzene rings is 2. The van der Waals surface area contributed by atoms with Gasteiger partial charge in [0.05, 0.1) is 0 Å². The second-order valence-corrected chi connectivity index (χ2v) is 6.44. The van der Waals surface area contributed by atoms with Gasteiger partial charge >= 0.3 is 0 Å². The molecule has 4 heteroatoms. The van der Waals surface area contributed by atoms with Crippen LogP contribution in [0.2, 0.25) is 0 Å². The highest BCUT2D eigenvalue weighted by Gasteiger charge is 2.29. The molecule has 2 rings (SSSR count). The maximum absolute atomic E-state index is 11.6. The molecule has 0 bridgehead atoms. The summed E-state index contributed by atoms with van der Waals surface area (Å²) in [6, 6.07) is 17.6. The first-order valence-electron chi connectivity index (χ1n) is 5.71. The van der Waals surface area contributed by atoms with Crippen LogP contribution < -0.4 is 0 Å². The largest absolute Gasteiger partial charge is 0.294 e. The third kappa shape index (κ3) is 3.97. The van der Waals surface area contributed by atoms with E-state index in [9.17, 15) is 4.79 Å². The lowest BCUT2D eigenvalue weighted by Crippen LogP contribution is -2.20. The molecular formula is C15H11Cl3O. The molecule has 98 valence electrons. The molecule has 19 heavy (non-hydrogen) atoms. The minimum atomic E-state index is -1.85. The number of hydrogen-bond acceptors (Lipinski definition) is 1. The topological polar surface area (TPSA) is 17.1 Å². The van der Waals surface area contributed by atoms with E-state index in [2.05, 4.69) is 0 Å². The van der Waals surface area contributed by atoms with Gasteiger partial charge in [-0.1, -0.05) is 89.4 Å². The second kappa shape index (κ2) is 5.96. The molecule has 1 nitrogen and oxygen atoms in total. The number of rotatable bonds is 3. The Kier molecular flexibility index (Phi) is 4.51. The Morgan fingerprint density at radius 1 is 0.842 bits per heavy atom. The fourth-order valence-electron chi connectivity index (χ4n) is 1.73. The zero-order chi connectivity index (χ0) is 13.9. The molecule has 2 aromatic carbocycles. The third-order valence-corrected chi connectivity index (χ3v) is 3.37. The van der Waals surface area contributed by atoms with Crippen molar-refractivity contribution in [2.24, 2.45) is 0 Å². The zero-order valence-electron chi connectivity index (χ0n) is 9.95. The number of halogens is 3. The number of alkyl halides is 3. The summed E-state index contributed by atoms with van der Waals surface area (Å²) in [5.41, 5.74) is 3.04. The number of ketones is 1. The van der Waals surface area contributed by atoms with Gasteiger partial charge in [-0.15, -0.1) is 0 Å². The van der Waals surface area contributed by atoms with Crippen LogP contribution >= 0.6 is 34.8 Å².